The Labute approximate surface area is 431 Å². The number of allylic oxidation sites excluding steroid dienone is 2. The van der Waals surface area contributed by atoms with Gasteiger partial charge in [-0.3, -0.25) is 0 Å². The van der Waals surface area contributed by atoms with Crippen LogP contribution in [0.15, 0.2) is 72.8 Å². The average Bonchev–Trinajstić information content (AvgIpc) is 4.19. The van der Waals surface area contributed by atoms with Gasteiger partial charge in [-0.05, 0) is 110 Å². The molecule has 0 aliphatic heterocycles. The number of halogens is 14. The third-order valence-electron chi connectivity index (χ3n) is 11.0. The number of thiophene rings is 7. The van der Waals surface area contributed by atoms with E-state index in [4.69, 9.17) is 0 Å². The van der Waals surface area contributed by atoms with Crippen LogP contribution in [-0.2, 0) is 12.4 Å². The van der Waals surface area contributed by atoms with Gasteiger partial charge in [0.2, 0.25) is 0 Å². The highest BCUT2D eigenvalue weighted by molar-refractivity contribution is 7.31. The maximum Gasteiger partial charge on any atom is 0.422 e. The molecule has 0 aliphatic rings. The van der Waals surface area contributed by atoms with Crippen LogP contribution in [0, 0.1) is 83.0 Å². The largest absolute Gasteiger partial charge is 0.422 e. The molecule has 0 N–H and O–H groups in total. The highest BCUT2D eigenvalue weighted by atomic mass is 32.1. The molecule has 0 unspecified atom stereocenters. The van der Waals surface area contributed by atoms with E-state index in [9.17, 15) is 72.0 Å². The lowest BCUT2D eigenvalue weighted by Gasteiger charge is -2.13. The molecule has 2 nitrogen and oxygen atoms in total. The van der Waals surface area contributed by atoms with Crippen LogP contribution >= 0.6 is 79.4 Å². The first-order chi connectivity index (χ1) is 34.5. The van der Waals surface area contributed by atoms with E-state index in [0.29, 0.717) is 9.75 Å². The van der Waals surface area contributed by atoms with Crippen molar-refractivity contribution in [3.8, 4) is 70.7 Å². The number of nitriles is 2. The first-order valence-corrected chi connectivity index (χ1v) is 26.0. The Morgan fingerprint density at radius 1 is 0.370 bits per heavy atom. The lowest BCUT2D eigenvalue weighted by molar-refractivity contribution is -0.144. The lowest BCUT2D eigenvalue weighted by Crippen LogP contribution is -2.16. The molecule has 0 radical (unpaired) electrons. The smallest absolute Gasteiger partial charge is 0.203 e. The van der Waals surface area contributed by atoms with E-state index >= 15 is 0 Å². The van der Waals surface area contributed by atoms with Crippen molar-refractivity contribution in [2.45, 2.75) is 26.2 Å². The molecule has 9 rings (SSSR count). The summed E-state index contributed by atoms with van der Waals surface area (Å²) in [5.74, 6) is -20.0. The molecule has 370 valence electrons. The SMILES string of the molecule is Cc1c(-c2ccc(-c3ccc(-c4ccc(/C=C(\C#N)c5c(F)c(F)c(C(F)(F)F)c(F)c5F)s4)s3)s2)sc(-c2ccc(-c3ccc(-c4ccc(/C=C(\C#N)c5c(F)c(F)c(C(F)(F)F)c(F)c5F)s4)s3)s2)c1C. The Balaban J connectivity index is 0.907. The maximum atomic E-state index is 14.7. The molecule has 0 saturated heterocycles. The molecule has 0 spiro atoms. The fraction of sp³-hybridized carbons (Fsp3) is 0.0800. The second-order valence-electron chi connectivity index (χ2n) is 15.4. The molecule has 0 atom stereocenters. The highest BCUT2D eigenvalue weighted by Gasteiger charge is 2.44. The van der Waals surface area contributed by atoms with Crippen molar-refractivity contribution in [3.63, 3.8) is 0 Å². The Bertz CT molecular complexity index is 3530. The Kier molecular flexibility index (Phi) is 13.9. The molecule has 0 bridgehead atoms. The van der Waals surface area contributed by atoms with Gasteiger partial charge in [0.15, 0.2) is 46.5 Å². The van der Waals surface area contributed by atoms with Gasteiger partial charge in [-0.1, -0.05) is 0 Å². The molecule has 0 fully saturated rings. The fourth-order valence-corrected chi connectivity index (χ4v) is 15.4. The Morgan fingerprint density at radius 2 is 0.616 bits per heavy atom. The molecule has 73 heavy (non-hydrogen) atoms. The number of nitrogens with zero attached hydrogens (tertiary/aromatic N) is 2. The molecule has 0 saturated carbocycles. The monoisotopic (exact) mass is 1140 g/mol. The van der Waals surface area contributed by atoms with Gasteiger partial charge in [-0.25, -0.2) is 35.1 Å². The van der Waals surface area contributed by atoms with Crippen molar-refractivity contribution < 1.29 is 61.5 Å². The number of rotatable bonds is 10. The summed E-state index contributed by atoms with van der Waals surface area (Å²) >= 11 is 9.81. The topological polar surface area (TPSA) is 47.6 Å². The molecule has 9 aromatic rings. The van der Waals surface area contributed by atoms with Crippen molar-refractivity contribution in [3.05, 3.63) is 162 Å². The van der Waals surface area contributed by atoms with Crippen molar-refractivity contribution in [2.75, 3.05) is 0 Å². The predicted octanol–water partition coefficient (Wildman–Crippen LogP) is 20.0. The summed E-state index contributed by atoms with van der Waals surface area (Å²) < 4.78 is 195. The van der Waals surface area contributed by atoms with Gasteiger partial charge < -0.3 is 0 Å². The van der Waals surface area contributed by atoms with Crippen LogP contribution in [0.2, 0.25) is 0 Å². The first-order valence-electron chi connectivity index (χ1n) is 20.3. The molecular weight excluding hydrogens is 1120 g/mol. The van der Waals surface area contributed by atoms with E-state index in [-0.39, 0.29) is 9.75 Å². The minimum absolute atomic E-state index is 0.235. The van der Waals surface area contributed by atoms with E-state index in [2.05, 4.69) is 0 Å². The third kappa shape index (κ3) is 9.52. The minimum Gasteiger partial charge on any atom is -0.203 e. The van der Waals surface area contributed by atoms with Gasteiger partial charge >= 0.3 is 12.4 Å². The zero-order valence-corrected chi connectivity index (χ0v) is 41.8. The van der Waals surface area contributed by atoms with Gasteiger partial charge in [0.25, 0.3) is 0 Å². The standard InChI is InChI=1S/C50H20F14N2S7/c1-19-20(2)48(34-14-12-32(72-34)30-10-8-28(70-30)26-6-4-24(68-26)16-22(18-66)36-41(53)45(57)38(50(62,63)64)46(58)42(36)54)73-47(19)33-13-11-31(71-33)29-9-7-27(69-29)25-5-3-23(67-25)15-21(17-65)35-39(51)43(55)37(49(59,60)61)44(56)40(35)52/h3-16H,1-2H3/b21-15+,22-16+. The van der Waals surface area contributed by atoms with Crippen molar-refractivity contribution >= 4 is 103 Å². The van der Waals surface area contributed by atoms with Crippen molar-refractivity contribution in [2.24, 2.45) is 0 Å². The highest BCUT2D eigenvalue weighted by Crippen LogP contribution is 2.50. The van der Waals surface area contributed by atoms with Gasteiger partial charge in [-0.2, -0.15) is 36.9 Å². The molecule has 0 amide bonds. The molecule has 23 heteroatoms. The summed E-state index contributed by atoms with van der Waals surface area (Å²) in [5, 5.41) is 19.3. The molecule has 7 aromatic heterocycles. The van der Waals surface area contributed by atoms with Crippen LogP contribution in [0.1, 0.15) is 43.1 Å². The molecule has 0 aliphatic carbocycles. The first kappa shape index (κ1) is 51.7. The summed E-state index contributed by atoms with van der Waals surface area (Å²) in [4.78, 5) is 11.3. The van der Waals surface area contributed by atoms with Gasteiger partial charge in [-0.15, -0.1) is 79.4 Å². The van der Waals surface area contributed by atoms with Crippen LogP contribution < -0.4 is 0 Å². The van der Waals surface area contributed by atoms with E-state index < -0.39 is 92.3 Å². The van der Waals surface area contributed by atoms with E-state index in [1.54, 1.807) is 46.1 Å². The van der Waals surface area contributed by atoms with Crippen LogP contribution in [0.5, 0.6) is 0 Å². The Hall–Kier alpha value is -6.18. The molecule has 2 aromatic carbocycles. The van der Waals surface area contributed by atoms with E-state index in [1.165, 1.54) is 46.9 Å². The van der Waals surface area contributed by atoms with Crippen molar-refractivity contribution in [1.29, 1.82) is 10.5 Å². The molecule has 7 heterocycles. The minimum atomic E-state index is -5.73. The number of hydrogen-bond donors (Lipinski definition) is 0. The second-order valence-corrected chi connectivity index (χ2v) is 23.0. The summed E-state index contributed by atoms with van der Waals surface area (Å²) in [6.07, 6.45) is -9.59. The zero-order valence-electron chi connectivity index (χ0n) is 36.1. The maximum absolute atomic E-state index is 14.7. The summed E-state index contributed by atoms with van der Waals surface area (Å²) in [5.41, 5.74) is -8.24. The third-order valence-corrected chi connectivity index (χ3v) is 19.9. The van der Waals surface area contributed by atoms with Crippen LogP contribution in [-0.4, -0.2) is 0 Å². The van der Waals surface area contributed by atoms with Crippen LogP contribution in [0.3, 0.4) is 0 Å². The van der Waals surface area contributed by atoms with Crippen molar-refractivity contribution in [1.82, 2.24) is 0 Å². The number of benzene rings is 2. The Morgan fingerprint density at radius 3 is 0.890 bits per heavy atom. The normalized spacial score (nSPS) is 12.5. The average molecular weight is 1140 g/mol. The zero-order chi connectivity index (χ0) is 52.6. The van der Waals surface area contributed by atoms with E-state index in [0.717, 1.165) is 94.7 Å². The van der Waals surface area contributed by atoms with Gasteiger partial charge in [0, 0.05) is 68.3 Å². The predicted molar refractivity (Wildman–Crippen MR) is 263 cm³/mol. The van der Waals surface area contributed by atoms with Gasteiger partial charge in [0.1, 0.15) is 23.3 Å². The number of hydrogen-bond acceptors (Lipinski definition) is 9. The van der Waals surface area contributed by atoms with Crippen LogP contribution in [0.25, 0.3) is 81.8 Å². The summed E-state index contributed by atoms with van der Waals surface area (Å²) in [6, 6.07) is 24.7. The number of alkyl halides is 6. The van der Waals surface area contributed by atoms with Gasteiger partial charge in [0.05, 0.1) is 22.3 Å². The summed E-state index contributed by atoms with van der Waals surface area (Å²) in [7, 11) is 0. The van der Waals surface area contributed by atoms with Crippen LogP contribution in [0.4, 0.5) is 61.5 Å². The molecular formula is C50H20F14N2S7. The van der Waals surface area contributed by atoms with E-state index in [1.807, 2.05) is 62.4 Å². The second kappa shape index (κ2) is 19.6. The summed E-state index contributed by atoms with van der Waals surface area (Å²) in [6.45, 7) is 4.08. The fourth-order valence-electron chi connectivity index (χ4n) is 7.42. The quantitative estimate of drug-likeness (QED) is 0.0778. The lowest BCUT2D eigenvalue weighted by atomic mass is 10.0.